The van der Waals surface area contributed by atoms with E-state index in [1.807, 2.05) is 0 Å². The molecule has 23 heavy (non-hydrogen) atoms. The van der Waals surface area contributed by atoms with Gasteiger partial charge in [0, 0.05) is 6.42 Å². The van der Waals surface area contributed by atoms with E-state index in [4.69, 9.17) is 0 Å². The van der Waals surface area contributed by atoms with Crippen LogP contribution in [-0.4, -0.2) is 32.4 Å². The van der Waals surface area contributed by atoms with Gasteiger partial charge in [-0.05, 0) is 6.42 Å². The molecule has 0 saturated carbocycles. The number of hydrogen-bond acceptors (Lipinski definition) is 7. The molecule has 10 heteroatoms. The van der Waals surface area contributed by atoms with E-state index in [9.17, 15) is 26.2 Å². The average molecular weight is 380 g/mol. The second-order valence-corrected chi connectivity index (χ2v) is 8.61. The first-order valence-electron chi connectivity index (χ1n) is 7.55. The van der Waals surface area contributed by atoms with Gasteiger partial charge in [-0.15, -0.1) is 0 Å². The summed E-state index contributed by atoms with van der Waals surface area (Å²) in [5.41, 5.74) is 0. The van der Waals surface area contributed by atoms with Gasteiger partial charge in [0.25, 0.3) is 0 Å². The van der Waals surface area contributed by atoms with Gasteiger partial charge in [0.2, 0.25) is 0 Å². The molecule has 0 unspecified atom stereocenters. The van der Waals surface area contributed by atoms with Crippen molar-refractivity contribution >= 4 is 26.2 Å². The quantitative estimate of drug-likeness (QED) is 0.179. The molecule has 0 aliphatic heterocycles. The van der Waals surface area contributed by atoms with Crippen molar-refractivity contribution in [1.29, 1.82) is 0 Å². The SMILES string of the molecule is CCCCCCCCCCCC(=O)OS(=O)(=O)CS(=O)(=O)[O-].[Na+]. The van der Waals surface area contributed by atoms with E-state index in [0.29, 0.717) is 6.42 Å². The summed E-state index contributed by atoms with van der Waals surface area (Å²) in [5, 5.41) is -1.72. The van der Waals surface area contributed by atoms with Crippen LogP contribution in [0.25, 0.3) is 0 Å². The predicted molar refractivity (Wildman–Crippen MR) is 81.4 cm³/mol. The molecule has 0 spiro atoms. The number of carbonyl (C=O) groups excluding carboxylic acids is 1. The van der Waals surface area contributed by atoms with Crippen molar-refractivity contribution in [2.24, 2.45) is 0 Å². The molecule has 0 amide bonds. The summed E-state index contributed by atoms with van der Waals surface area (Å²) in [5.74, 6) is -1.02. The zero-order valence-corrected chi connectivity index (χ0v) is 17.6. The van der Waals surface area contributed by atoms with Gasteiger partial charge in [0.1, 0.15) is 10.1 Å². The molecular formula is C13H25NaO7S2. The van der Waals surface area contributed by atoms with E-state index in [1.54, 1.807) is 0 Å². The standard InChI is InChI=1S/C13H26O7S2.Na/c1-2-3-4-5-6-7-8-9-10-11-13(14)20-22(18,19)12-21(15,16)17;/h2-12H2,1H3,(H,15,16,17);/q;+1/p-1. The van der Waals surface area contributed by atoms with Crippen LogP contribution in [0.2, 0.25) is 0 Å². The molecular weight excluding hydrogens is 355 g/mol. The molecule has 0 atom stereocenters. The Labute approximate surface area is 161 Å². The van der Waals surface area contributed by atoms with Gasteiger partial charge in [-0.3, -0.25) is 4.79 Å². The molecule has 0 radical (unpaired) electrons. The van der Waals surface area contributed by atoms with Crippen molar-refractivity contribution in [3.63, 3.8) is 0 Å². The Morgan fingerprint density at radius 2 is 1.30 bits per heavy atom. The molecule has 0 aromatic carbocycles. The fraction of sp³-hybridized carbons (Fsp3) is 0.923. The molecule has 0 aliphatic carbocycles. The second-order valence-electron chi connectivity index (χ2n) is 5.27. The van der Waals surface area contributed by atoms with E-state index in [-0.39, 0.29) is 36.0 Å². The van der Waals surface area contributed by atoms with Crippen LogP contribution in [0, 0.1) is 0 Å². The minimum Gasteiger partial charge on any atom is -0.747 e. The Morgan fingerprint density at radius 3 is 1.74 bits per heavy atom. The molecule has 0 rings (SSSR count). The first-order chi connectivity index (χ1) is 10.2. The Balaban J connectivity index is 0. The third-order valence-corrected chi connectivity index (χ3v) is 5.74. The number of rotatable bonds is 13. The summed E-state index contributed by atoms with van der Waals surface area (Å²) in [6, 6.07) is 0. The Kier molecular flexibility index (Phi) is 15.1. The molecule has 0 aromatic heterocycles. The summed E-state index contributed by atoms with van der Waals surface area (Å²) < 4.78 is 57.2. The van der Waals surface area contributed by atoms with Gasteiger partial charge in [0.15, 0.2) is 5.08 Å². The summed E-state index contributed by atoms with van der Waals surface area (Å²) >= 11 is 0. The van der Waals surface area contributed by atoms with Crippen molar-refractivity contribution in [2.45, 2.75) is 71.1 Å². The van der Waals surface area contributed by atoms with Crippen LogP contribution < -0.4 is 29.6 Å². The predicted octanol–water partition coefficient (Wildman–Crippen LogP) is -0.713. The van der Waals surface area contributed by atoms with E-state index < -0.39 is 31.3 Å². The molecule has 0 bridgehead atoms. The molecule has 132 valence electrons. The third-order valence-electron chi connectivity index (χ3n) is 2.99. The van der Waals surface area contributed by atoms with Gasteiger partial charge >= 0.3 is 45.6 Å². The number of hydrogen-bond donors (Lipinski definition) is 0. The maximum absolute atomic E-state index is 11.3. The maximum atomic E-state index is 11.3. The van der Waals surface area contributed by atoms with Gasteiger partial charge in [0.05, 0.1) is 0 Å². The molecule has 0 aromatic rings. The van der Waals surface area contributed by atoms with Crippen LogP contribution in [0.15, 0.2) is 0 Å². The van der Waals surface area contributed by atoms with E-state index in [0.717, 1.165) is 25.7 Å². The largest absolute Gasteiger partial charge is 1.00 e. The van der Waals surface area contributed by atoms with Crippen LogP contribution in [0.5, 0.6) is 0 Å². The smallest absolute Gasteiger partial charge is 0.747 e. The molecule has 0 fully saturated rings. The maximum Gasteiger partial charge on any atom is 1.00 e. The van der Waals surface area contributed by atoms with E-state index in [1.165, 1.54) is 25.7 Å². The summed E-state index contributed by atoms with van der Waals surface area (Å²) in [7, 11) is -9.63. The van der Waals surface area contributed by atoms with Gasteiger partial charge < -0.3 is 8.74 Å². The second kappa shape index (κ2) is 13.6. The molecule has 0 aliphatic rings. The van der Waals surface area contributed by atoms with E-state index in [2.05, 4.69) is 11.1 Å². The molecule has 0 N–H and O–H groups in total. The molecule has 0 saturated heterocycles. The van der Waals surface area contributed by atoms with Crippen molar-refractivity contribution in [3.8, 4) is 0 Å². The zero-order chi connectivity index (χ0) is 17.1. The Bertz CT molecular complexity index is 514. The van der Waals surface area contributed by atoms with Crippen LogP contribution in [0.1, 0.15) is 71.1 Å². The van der Waals surface area contributed by atoms with Crippen molar-refractivity contribution in [1.82, 2.24) is 0 Å². The fourth-order valence-electron chi connectivity index (χ4n) is 1.96. The summed E-state index contributed by atoms with van der Waals surface area (Å²) in [6.07, 6.45) is 9.25. The van der Waals surface area contributed by atoms with Crippen molar-refractivity contribution in [3.05, 3.63) is 0 Å². The van der Waals surface area contributed by atoms with Crippen LogP contribution in [-0.2, 0) is 29.2 Å². The normalized spacial score (nSPS) is 11.7. The van der Waals surface area contributed by atoms with Crippen LogP contribution in [0.3, 0.4) is 0 Å². The molecule has 0 heterocycles. The molecule has 7 nitrogen and oxygen atoms in total. The minimum absolute atomic E-state index is 0. The van der Waals surface area contributed by atoms with Gasteiger partial charge in [-0.2, -0.15) is 8.42 Å². The van der Waals surface area contributed by atoms with E-state index >= 15 is 0 Å². The minimum atomic E-state index is -4.98. The fourth-order valence-corrected chi connectivity index (χ4v) is 3.94. The number of unbranched alkanes of at least 4 members (excludes halogenated alkanes) is 8. The van der Waals surface area contributed by atoms with Crippen LogP contribution in [0.4, 0.5) is 0 Å². The number of carbonyl (C=O) groups is 1. The Morgan fingerprint density at radius 1 is 0.870 bits per heavy atom. The third kappa shape index (κ3) is 18.5. The average Bonchev–Trinajstić information content (AvgIpc) is 2.33. The monoisotopic (exact) mass is 380 g/mol. The van der Waals surface area contributed by atoms with Crippen molar-refractivity contribution in [2.75, 3.05) is 5.08 Å². The summed E-state index contributed by atoms with van der Waals surface area (Å²) in [6.45, 7) is 2.16. The van der Waals surface area contributed by atoms with Gasteiger partial charge in [-0.25, -0.2) is 8.42 Å². The zero-order valence-electron chi connectivity index (χ0n) is 14.0. The van der Waals surface area contributed by atoms with Crippen LogP contribution >= 0.6 is 0 Å². The first-order valence-corrected chi connectivity index (χ1v) is 10.7. The Hall–Kier alpha value is 0.330. The first kappa shape index (κ1) is 25.6. The summed E-state index contributed by atoms with van der Waals surface area (Å²) in [4.78, 5) is 11.3. The van der Waals surface area contributed by atoms with Crippen molar-refractivity contribution < 1.29 is 59.9 Å². The topological polar surface area (TPSA) is 118 Å². The van der Waals surface area contributed by atoms with Gasteiger partial charge in [-0.1, -0.05) is 58.3 Å².